The quantitative estimate of drug-likeness (QED) is 0.367. The van der Waals surface area contributed by atoms with Crippen molar-refractivity contribution < 1.29 is 4.79 Å². The van der Waals surface area contributed by atoms with E-state index in [0.717, 1.165) is 11.3 Å². The van der Waals surface area contributed by atoms with Gasteiger partial charge in [-0.2, -0.15) is 5.26 Å². The number of benzene rings is 1. The molecule has 6 heteroatoms. The van der Waals surface area contributed by atoms with Crippen molar-refractivity contribution in [1.82, 2.24) is 5.32 Å². The van der Waals surface area contributed by atoms with E-state index in [2.05, 4.69) is 10.6 Å². The second kappa shape index (κ2) is 8.47. The molecule has 0 aromatic heterocycles. The van der Waals surface area contributed by atoms with E-state index in [1.807, 2.05) is 19.1 Å². The lowest BCUT2D eigenvalue weighted by Gasteiger charge is -2.07. The Hall–Kier alpha value is -1.70. The smallest absolute Gasteiger partial charge is 0.263 e. The Balaban J connectivity index is 2.73. The van der Waals surface area contributed by atoms with Gasteiger partial charge < -0.3 is 10.6 Å². The zero-order valence-corrected chi connectivity index (χ0v) is 12.6. The summed E-state index contributed by atoms with van der Waals surface area (Å²) in [4.78, 5) is 11.7. The third kappa shape index (κ3) is 5.12. The van der Waals surface area contributed by atoms with Gasteiger partial charge in [0.1, 0.15) is 11.6 Å². The number of hydrogen-bond acceptors (Lipinski definition) is 3. The zero-order valence-electron chi connectivity index (χ0n) is 11.0. The van der Waals surface area contributed by atoms with Crippen LogP contribution in [-0.4, -0.2) is 18.3 Å². The average Bonchev–Trinajstić information content (AvgIpc) is 2.43. The van der Waals surface area contributed by atoms with E-state index in [9.17, 15) is 4.79 Å². The Morgan fingerprint density at radius 2 is 2.25 bits per heavy atom. The highest BCUT2D eigenvalue weighted by Gasteiger charge is 2.08. The fraction of sp³-hybridized carbons (Fsp3) is 0.286. The maximum Gasteiger partial charge on any atom is 0.263 e. The average molecular weight is 312 g/mol. The monoisotopic (exact) mass is 311 g/mol. The van der Waals surface area contributed by atoms with Gasteiger partial charge in [0.2, 0.25) is 0 Å². The Morgan fingerprint density at radius 1 is 1.50 bits per heavy atom. The summed E-state index contributed by atoms with van der Waals surface area (Å²) in [6, 6.07) is 7.21. The maximum absolute atomic E-state index is 11.7. The number of nitriles is 1. The number of carbonyl (C=O) groups excluding carboxylic acids is 1. The molecule has 1 rings (SSSR count). The number of amides is 1. The predicted octanol–water partition coefficient (Wildman–Crippen LogP) is 3.21. The second-order valence-corrected chi connectivity index (χ2v) is 4.89. The summed E-state index contributed by atoms with van der Waals surface area (Å²) < 4.78 is 0. The molecule has 106 valence electrons. The van der Waals surface area contributed by atoms with Crippen LogP contribution >= 0.6 is 23.2 Å². The van der Waals surface area contributed by atoms with Crippen LogP contribution in [0.3, 0.4) is 0 Å². The number of rotatable bonds is 6. The van der Waals surface area contributed by atoms with Crippen LogP contribution in [0, 0.1) is 18.3 Å². The predicted molar refractivity (Wildman–Crippen MR) is 81.9 cm³/mol. The highest BCUT2D eigenvalue weighted by atomic mass is 35.5. The normalized spacial score (nSPS) is 10.8. The van der Waals surface area contributed by atoms with Crippen LogP contribution in [-0.2, 0) is 4.79 Å². The number of nitrogens with zero attached hydrogens (tertiary/aromatic N) is 1. The molecule has 0 aliphatic heterocycles. The first-order valence-electron chi connectivity index (χ1n) is 6.05. The van der Waals surface area contributed by atoms with Crippen molar-refractivity contribution in [2.75, 3.05) is 17.7 Å². The zero-order chi connectivity index (χ0) is 15.0. The largest absolute Gasteiger partial charge is 0.360 e. The number of alkyl halides is 1. The third-order valence-electron chi connectivity index (χ3n) is 2.53. The van der Waals surface area contributed by atoms with Crippen molar-refractivity contribution in [2.45, 2.75) is 13.3 Å². The van der Waals surface area contributed by atoms with Crippen LogP contribution in [0.25, 0.3) is 0 Å². The molecule has 0 radical (unpaired) electrons. The van der Waals surface area contributed by atoms with Crippen LogP contribution in [0.4, 0.5) is 5.69 Å². The van der Waals surface area contributed by atoms with Gasteiger partial charge in [-0.1, -0.05) is 17.7 Å². The Morgan fingerprint density at radius 3 is 2.90 bits per heavy atom. The standard InChI is InChI=1S/C14H15Cl2N3O/c1-10-3-4-12(16)7-13(10)19-9-11(8-17)14(20)18-6-2-5-15/h3-4,7,9,19H,2,5-6H2,1H3,(H,18,20)/b11-9-. The molecule has 0 heterocycles. The molecule has 20 heavy (non-hydrogen) atoms. The van der Waals surface area contributed by atoms with E-state index in [0.29, 0.717) is 23.9 Å². The molecule has 0 fully saturated rings. The molecule has 1 aromatic carbocycles. The molecule has 0 unspecified atom stereocenters. The Kier molecular flexibility index (Phi) is 6.92. The van der Waals surface area contributed by atoms with Crippen molar-refractivity contribution in [2.24, 2.45) is 0 Å². The Bertz CT molecular complexity index is 550. The maximum atomic E-state index is 11.7. The topological polar surface area (TPSA) is 64.9 Å². The molecule has 0 aliphatic rings. The van der Waals surface area contributed by atoms with Crippen molar-refractivity contribution in [3.8, 4) is 6.07 Å². The summed E-state index contributed by atoms with van der Waals surface area (Å²) >= 11 is 11.4. The van der Waals surface area contributed by atoms with Gasteiger partial charge in [-0.3, -0.25) is 4.79 Å². The van der Waals surface area contributed by atoms with E-state index in [4.69, 9.17) is 28.5 Å². The van der Waals surface area contributed by atoms with Gasteiger partial charge in [0.25, 0.3) is 5.91 Å². The van der Waals surface area contributed by atoms with Crippen LogP contribution in [0.2, 0.25) is 5.02 Å². The van der Waals surface area contributed by atoms with E-state index in [-0.39, 0.29) is 5.57 Å². The number of hydrogen-bond donors (Lipinski definition) is 2. The molecular weight excluding hydrogens is 297 g/mol. The number of aryl methyl sites for hydroxylation is 1. The fourth-order valence-electron chi connectivity index (χ4n) is 1.41. The molecule has 0 atom stereocenters. The molecule has 0 spiro atoms. The van der Waals surface area contributed by atoms with Crippen LogP contribution in [0.15, 0.2) is 30.0 Å². The molecule has 0 aliphatic carbocycles. The fourth-order valence-corrected chi connectivity index (χ4v) is 1.72. The summed E-state index contributed by atoms with van der Waals surface area (Å²) in [7, 11) is 0. The van der Waals surface area contributed by atoms with Crippen molar-refractivity contribution >= 4 is 34.8 Å². The van der Waals surface area contributed by atoms with Gasteiger partial charge in [-0.05, 0) is 31.0 Å². The molecule has 0 saturated heterocycles. The molecular formula is C14H15Cl2N3O. The first kappa shape index (κ1) is 16.4. The van der Waals surface area contributed by atoms with Crippen molar-refractivity contribution in [1.29, 1.82) is 5.26 Å². The van der Waals surface area contributed by atoms with Crippen LogP contribution < -0.4 is 10.6 Å². The SMILES string of the molecule is Cc1ccc(Cl)cc1N/C=C(/C#N)C(=O)NCCCCl. The molecule has 4 nitrogen and oxygen atoms in total. The third-order valence-corrected chi connectivity index (χ3v) is 3.04. The van der Waals surface area contributed by atoms with Gasteiger partial charge in [0.15, 0.2) is 0 Å². The van der Waals surface area contributed by atoms with Gasteiger partial charge in [0, 0.05) is 29.3 Å². The number of halogens is 2. The molecule has 0 saturated carbocycles. The van der Waals surface area contributed by atoms with E-state index in [1.54, 1.807) is 12.1 Å². The minimum Gasteiger partial charge on any atom is -0.360 e. The van der Waals surface area contributed by atoms with Crippen LogP contribution in [0.1, 0.15) is 12.0 Å². The summed E-state index contributed by atoms with van der Waals surface area (Å²) in [6.07, 6.45) is 2.03. The first-order valence-corrected chi connectivity index (χ1v) is 6.97. The van der Waals surface area contributed by atoms with Crippen molar-refractivity contribution in [3.63, 3.8) is 0 Å². The summed E-state index contributed by atoms with van der Waals surface area (Å²) in [5.74, 6) is 0.0380. The van der Waals surface area contributed by atoms with Gasteiger partial charge >= 0.3 is 0 Å². The molecule has 0 bridgehead atoms. The number of nitrogens with one attached hydrogen (secondary N) is 2. The van der Waals surface area contributed by atoms with E-state index >= 15 is 0 Å². The number of anilines is 1. The summed E-state index contributed by atoms with van der Waals surface area (Å²) in [5, 5.41) is 15.1. The molecule has 1 aromatic rings. The van der Waals surface area contributed by atoms with Crippen molar-refractivity contribution in [3.05, 3.63) is 40.6 Å². The minimum atomic E-state index is -0.426. The molecule has 1 amide bonds. The van der Waals surface area contributed by atoms with E-state index in [1.165, 1.54) is 6.20 Å². The van der Waals surface area contributed by atoms with E-state index < -0.39 is 5.91 Å². The second-order valence-electron chi connectivity index (χ2n) is 4.07. The Labute approximate surface area is 128 Å². The van der Waals surface area contributed by atoms with Gasteiger partial charge in [-0.25, -0.2) is 0 Å². The highest BCUT2D eigenvalue weighted by molar-refractivity contribution is 6.30. The number of carbonyl (C=O) groups is 1. The lowest BCUT2D eigenvalue weighted by Crippen LogP contribution is -2.26. The minimum absolute atomic E-state index is 0.000974. The molecule has 2 N–H and O–H groups in total. The first-order chi connectivity index (χ1) is 9.58. The van der Waals surface area contributed by atoms with Gasteiger partial charge in [-0.15, -0.1) is 11.6 Å². The highest BCUT2D eigenvalue weighted by Crippen LogP contribution is 2.20. The summed E-state index contributed by atoms with van der Waals surface area (Å²) in [6.45, 7) is 2.34. The lowest BCUT2D eigenvalue weighted by molar-refractivity contribution is -0.117. The van der Waals surface area contributed by atoms with Crippen LogP contribution in [0.5, 0.6) is 0 Å². The summed E-state index contributed by atoms with van der Waals surface area (Å²) in [5.41, 5.74) is 1.71. The van der Waals surface area contributed by atoms with Gasteiger partial charge in [0.05, 0.1) is 0 Å². The lowest BCUT2D eigenvalue weighted by atomic mass is 10.2.